The number of ether oxygens (including phenoxy) is 1. The van der Waals surface area contributed by atoms with Crippen LogP contribution in [0.4, 0.5) is 4.79 Å². The summed E-state index contributed by atoms with van der Waals surface area (Å²) in [5.41, 5.74) is 1.47. The second-order valence-corrected chi connectivity index (χ2v) is 10.2. The van der Waals surface area contributed by atoms with Crippen molar-refractivity contribution in [3.05, 3.63) is 76.2 Å². The van der Waals surface area contributed by atoms with E-state index in [1.807, 2.05) is 63.2 Å². The van der Waals surface area contributed by atoms with Crippen LogP contribution in [0.25, 0.3) is 10.8 Å². The number of nitrogens with zero attached hydrogens (tertiary/aromatic N) is 2. The van der Waals surface area contributed by atoms with E-state index in [0.29, 0.717) is 11.3 Å². The molecule has 1 fully saturated rings. The predicted molar refractivity (Wildman–Crippen MR) is 134 cm³/mol. The molecular weight excluding hydrogens is 428 g/mol. The number of H-pyrrole nitrogens is 1. The summed E-state index contributed by atoms with van der Waals surface area (Å²) in [6, 6.07) is 17.8. The Morgan fingerprint density at radius 3 is 2.50 bits per heavy atom. The summed E-state index contributed by atoms with van der Waals surface area (Å²) in [6.07, 6.45) is 2.23. The number of alkyl carbamates (subject to hydrolysis) is 1. The minimum atomic E-state index is -0.525. The summed E-state index contributed by atoms with van der Waals surface area (Å²) in [4.78, 5) is 26.8. The van der Waals surface area contributed by atoms with Crippen LogP contribution in [0.2, 0.25) is 0 Å². The van der Waals surface area contributed by atoms with Crippen molar-refractivity contribution in [3.63, 3.8) is 0 Å². The Bertz CT molecular complexity index is 1160. The molecule has 2 heterocycles. The van der Waals surface area contributed by atoms with E-state index in [1.165, 1.54) is 5.56 Å². The first-order valence-corrected chi connectivity index (χ1v) is 12.0. The van der Waals surface area contributed by atoms with Crippen molar-refractivity contribution in [2.75, 3.05) is 19.6 Å². The zero-order valence-corrected chi connectivity index (χ0v) is 20.2. The van der Waals surface area contributed by atoms with Crippen LogP contribution in [0, 0.1) is 5.92 Å². The van der Waals surface area contributed by atoms with Gasteiger partial charge in [-0.25, -0.2) is 9.89 Å². The first-order chi connectivity index (χ1) is 16.3. The summed E-state index contributed by atoms with van der Waals surface area (Å²) >= 11 is 0. The molecule has 1 aromatic heterocycles. The number of hydrogen-bond donors (Lipinski definition) is 2. The van der Waals surface area contributed by atoms with Crippen LogP contribution < -0.4 is 10.9 Å². The third-order valence-corrected chi connectivity index (χ3v) is 6.12. The third kappa shape index (κ3) is 6.44. The van der Waals surface area contributed by atoms with E-state index in [4.69, 9.17) is 4.74 Å². The zero-order chi connectivity index (χ0) is 24.1. The van der Waals surface area contributed by atoms with Gasteiger partial charge in [-0.2, -0.15) is 5.10 Å². The zero-order valence-electron chi connectivity index (χ0n) is 20.2. The van der Waals surface area contributed by atoms with Crippen LogP contribution in [0.3, 0.4) is 0 Å². The van der Waals surface area contributed by atoms with Crippen LogP contribution in [-0.4, -0.2) is 52.5 Å². The molecule has 0 aliphatic carbocycles. The van der Waals surface area contributed by atoms with Gasteiger partial charge in [0, 0.05) is 31.1 Å². The predicted octanol–water partition coefficient (Wildman–Crippen LogP) is 3.92. The molecule has 0 spiro atoms. The highest BCUT2D eigenvalue weighted by atomic mass is 16.6. The first-order valence-electron chi connectivity index (χ1n) is 12.0. The average molecular weight is 463 g/mol. The SMILES string of the molecule is CC(C)(C)OC(=O)NC(Cc1ccccc1)CN1CC(CCc2n[nH]c(=O)c3ccccc23)C1. The highest BCUT2D eigenvalue weighted by Gasteiger charge is 2.30. The minimum absolute atomic E-state index is 0.0250. The fraction of sp³-hybridized carbons (Fsp3) is 0.444. The number of aromatic nitrogens is 2. The van der Waals surface area contributed by atoms with Crippen molar-refractivity contribution in [1.29, 1.82) is 0 Å². The highest BCUT2D eigenvalue weighted by Crippen LogP contribution is 2.23. The minimum Gasteiger partial charge on any atom is -0.444 e. The number of nitrogens with one attached hydrogen (secondary N) is 2. The maximum absolute atomic E-state index is 12.4. The Labute approximate surface area is 200 Å². The monoisotopic (exact) mass is 462 g/mol. The number of amides is 1. The van der Waals surface area contributed by atoms with Crippen molar-refractivity contribution in [2.24, 2.45) is 5.92 Å². The van der Waals surface area contributed by atoms with Crippen molar-refractivity contribution in [2.45, 2.75) is 51.7 Å². The molecule has 0 saturated carbocycles. The van der Waals surface area contributed by atoms with Gasteiger partial charge in [0.15, 0.2) is 0 Å². The molecule has 7 nitrogen and oxygen atoms in total. The van der Waals surface area contributed by atoms with E-state index in [0.717, 1.165) is 50.0 Å². The lowest BCUT2D eigenvalue weighted by Crippen LogP contribution is -2.54. The second kappa shape index (κ2) is 10.4. The Balaban J connectivity index is 1.31. The molecule has 0 radical (unpaired) electrons. The molecule has 180 valence electrons. The number of rotatable bonds is 8. The normalized spacial score (nSPS) is 15.6. The maximum atomic E-state index is 12.4. The molecule has 1 atom stereocenters. The number of carbonyl (C=O) groups is 1. The standard InChI is InChI=1S/C27H34N4O3/c1-27(2,3)34-26(33)28-21(15-19-9-5-4-6-10-19)18-31-16-20(17-31)13-14-24-22-11-7-8-12-23(22)25(32)30-29-24/h4-12,20-21H,13-18H2,1-3H3,(H,28,33)(H,30,32). The Kier molecular flexibility index (Phi) is 7.32. The largest absolute Gasteiger partial charge is 0.444 e. The summed E-state index contributed by atoms with van der Waals surface area (Å²) in [5, 5.41) is 11.6. The summed E-state index contributed by atoms with van der Waals surface area (Å²) in [7, 11) is 0. The van der Waals surface area contributed by atoms with Gasteiger partial charge >= 0.3 is 6.09 Å². The van der Waals surface area contributed by atoms with Gasteiger partial charge in [0.2, 0.25) is 0 Å². The van der Waals surface area contributed by atoms with Gasteiger partial charge in [0.05, 0.1) is 11.1 Å². The molecular formula is C27H34N4O3. The van der Waals surface area contributed by atoms with Crippen molar-refractivity contribution < 1.29 is 9.53 Å². The molecule has 1 saturated heterocycles. The molecule has 2 N–H and O–H groups in total. The molecule has 7 heteroatoms. The van der Waals surface area contributed by atoms with E-state index in [9.17, 15) is 9.59 Å². The van der Waals surface area contributed by atoms with Gasteiger partial charge in [-0.15, -0.1) is 0 Å². The number of fused-ring (bicyclic) bond motifs is 1. The molecule has 1 aliphatic rings. The Hall–Kier alpha value is -3.19. The lowest BCUT2D eigenvalue weighted by Gasteiger charge is -2.41. The van der Waals surface area contributed by atoms with E-state index in [-0.39, 0.29) is 17.7 Å². The van der Waals surface area contributed by atoms with Crippen LogP contribution in [0.1, 0.15) is 38.4 Å². The smallest absolute Gasteiger partial charge is 0.407 e. The number of carbonyl (C=O) groups excluding carboxylic acids is 1. The number of hydrogen-bond acceptors (Lipinski definition) is 5. The van der Waals surface area contributed by atoms with Gasteiger partial charge < -0.3 is 15.0 Å². The van der Waals surface area contributed by atoms with E-state index in [1.54, 1.807) is 0 Å². The third-order valence-electron chi connectivity index (χ3n) is 6.12. The van der Waals surface area contributed by atoms with Crippen LogP contribution in [0.15, 0.2) is 59.4 Å². The number of benzene rings is 2. The number of likely N-dealkylation sites (tertiary alicyclic amines) is 1. The maximum Gasteiger partial charge on any atom is 0.407 e. The van der Waals surface area contributed by atoms with E-state index >= 15 is 0 Å². The second-order valence-electron chi connectivity index (χ2n) is 10.2. The Morgan fingerprint density at radius 2 is 1.79 bits per heavy atom. The summed E-state index contributed by atoms with van der Waals surface area (Å²) in [5.74, 6) is 0.575. The molecule has 34 heavy (non-hydrogen) atoms. The van der Waals surface area contributed by atoms with Crippen LogP contribution in [0.5, 0.6) is 0 Å². The molecule has 1 amide bonds. The van der Waals surface area contributed by atoms with Crippen LogP contribution >= 0.6 is 0 Å². The lowest BCUT2D eigenvalue weighted by molar-refractivity contribution is 0.0441. The summed E-state index contributed by atoms with van der Waals surface area (Å²) in [6.45, 7) is 8.38. The Morgan fingerprint density at radius 1 is 1.12 bits per heavy atom. The fourth-order valence-corrected chi connectivity index (χ4v) is 4.56. The highest BCUT2D eigenvalue weighted by molar-refractivity contribution is 5.83. The van der Waals surface area contributed by atoms with Crippen molar-refractivity contribution in [3.8, 4) is 0 Å². The van der Waals surface area contributed by atoms with Gasteiger partial charge in [-0.1, -0.05) is 48.5 Å². The van der Waals surface area contributed by atoms with Crippen molar-refractivity contribution >= 4 is 16.9 Å². The molecule has 1 unspecified atom stereocenters. The summed E-state index contributed by atoms with van der Waals surface area (Å²) < 4.78 is 5.49. The van der Waals surface area contributed by atoms with Crippen molar-refractivity contribution in [1.82, 2.24) is 20.4 Å². The first kappa shape index (κ1) is 24.0. The van der Waals surface area contributed by atoms with E-state index < -0.39 is 5.60 Å². The quantitative estimate of drug-likeness (QED) is 0.530. The molecule has 1 aliphatic heterocycles. The number of aromatic amines is 1. The van der Waals surface area contributed by atoms with Gasteiger partial charge in [-0.3, -0.25) is 4.79 Å². The molecule has 0 bridgehead atoms. The van der Waals surface area contributed by atoms with Gasteiger partial charge in [0.1, 0.15) is 5.60 Å². The fourth-order valence-electron chi connectivity index (χ4n) is 4.56. The number of aryl methyl sites for hydroxylation is 1. The lowest BCUT2D eigenvalue weighted by atomic mass is 9.92. The average Bonchev–Trinajstić information content (AvgIpc) is 2.76. The van der Waals surface area contributed by atoms with Gasteiger partial charge in [0.25, 0.3) is 5.56 Å². The molecule has 3 aromatic rings. The molecule has 2 aromatic carbocycles. The van der Waals surface area contributed by atoms with E-state index in [2.05, 4.69) is 32.5 Å². The molecule has 4 rings (SSSR count). The van der Waals surface area contributed by atoms with Gasteiger partial charge in [-0.05, 0) is 57.6 Å². The topological polar surface area (TPSA) is 87.3 Å². The van der Waals surface area contributed by atoms with Crippen LogP contribution in [-0.2, 0) is 17.6 Å².